The topological polar surface area (TPSA) is 178 Å². The van der Waals surface area contributed by atoms with Crippen LogP contribution in [0.15, 0.2) is 65.7 Å². The third-order valence-electron chi connectivity index (χ3n) is 9.12. The maximum Gasteiger partial charge on any atom is 0.170 e. The molecule has 4 atom stereocenters. The fourth-order valence-electron chi connectivity index (χ4n) is 6.65. The van der Waals surface area contributed by atoms with Gasteiger partial charge in [-0.15, -0.1) is 0 Å². The zero-order chi connectivity index (χ0) is 32.6. The van der Waals surface area contributed by atoms with Gasteiger partial charge in [0.15, 0.2) is 29.2 Å². The number of carbonyl (C=O) groups is 2. The van der Waals surface area contributed by atoms with Crippen molar-refractivity contribution < 1.29 is 34.8 Å². The van der Waals surface area contributed by atoms with Crippen molar-refractivity contribution in [3.63, 3.8) is 0 Å². The van der Waals surface area contributed by atoms with Crippen LogP contribution in [0.4, 0.5) is 0 Å². The van der Waals surface area contributed by atoms with Crippen LogP contribution >= 0.6 is 0 Å². The number of hydrogen-bond donors (Lipinski definition) is 7. The molecule has 1 aromatic heterocycles. The Morgan fingerprint density at radius 3 is 2.62 bits per heavy atom. The number of phenols is 1. The molecule has 8 N–H and O–H groups in total. The monoisotopic (exact) mass is 621 g/mol. The number of nitrogens with one attached hydrogen (secondary N) is 2. The van der Waals surface area contributed by atoms with Gasteiger partial charge < -0.3 is 41.2 Å². The lowest BCUT2D eigenvalue weighted by Crippen LogP contribution is -2.40. The van der Waals surface area contributed by atoms with Gasteiger partial charge in [0.25, 0.3) is 0 Å². The van der Waals surface area contributed by atoms with Gasteiger partial charge in [0.2, 0.25) is 0 Å². The minimum atomic E-state index is -1.70. The fourth-order valence-corrected chi connectivity index (χ4v) is 6.65. The molecule has 0 saturated heterocycles. The quantitative estimate of drug-likeness (QED) is 0.131. The molecule has 1 aliphatic heterocycles. The summed E-state index contributed by atoms with van der Waals surface area (Å²) in [5.74, 6) is -0.844. The summed E-state index contributed by atoms with van der Waals surface area (Å²) in [6, 6.07) is 7.30. The summed E-state index contributed by atoms with van der Waals surface area (Å²) in [5.41, 5.74) is 9.24. The number of ketones is 2. The molecule has 4 rings (SSSR count). The molecule has 10 nitrogen and oxygen atoms in total. The molecule has 0 fully saturated rings. The summed E-state index contributed by atoms with van der Waals surface area (Å²) in [7, 11) is 1.45. The number of H-pyrrole nitrogens is 1. The maximum absolute atomic E-state index is 12.9. The number of carbonyl (C=O) groups excluding carboxylic acids is 2. The Labute approximate surface area is 264 Å². The number of ether oxygens (including phenoxy) is 1. The van der Waals surface area contributed by atoms with Crippen molar-refractivity contribution in [2.24, 2.45) is 17.1 Å². The zero-order valence-electron chi connectivity index (χ0n) is 26.2. The van der Waals surface area contributed by atoms with Gasteiger partial charge >= 0.3 is 0 Å². The number of aromatic amines is 1. The molecule has 0 amide bonds. The zero-order valence-corrected chi connectivity index (χ0v) is 26.2. The van der Waals surface area contributed by atoms with Crippen molar-refractivity contribution >= 4 is 11.6 Å². The molecule has 0 bridgehead atoms. The van der Waals surface area contributed by atoms with Crippen LogP contribution in [0.25, 0.3) is 0 Å². The first-order valence-electron chi connectivity index (χ1n) is 15.8. The van der Waals surface area contributed by atoms with Gasteiger partial charge in [0, 0.05) is 60.4 Å². The average Bonchev–Trinajstić information content (AvgIpc) is 3.56. The number of rotatable bonds is 17. The standard InChI is InChI=1S/C35H47N3O7/c1-3-6-22(20-39)7-4-9-28(41)33(44)29(42)11-10-23-17-27(32(43)30(18-23)45-2)31-25-13-16-38-34(36)26(25)12-14-35(31,21-40)19-24-8-5-15-37-24/h5,8,12-15,17-18,22,31,33,37-40,43-44H,3-4,6-7,9-11,16,19-21,36H2,1-2H3/t22-,31-,33-,35-/m0/s1. The second-order valence-electron chi connectivity index (χ2n) is 12.2. The van der Waals surface area contributed by atoms with Crippen LogP contribution in [-0.4, -0.2) is 69.9 Å². The van der Waals surface area contributed by atoms with Crippen molar-refractivity contribution in [2.45, 2.75) is 70.3 Å². The lowest BCUT2D eigenvalue weighted by atomic mass is 9.61. The van der Waals surface area contributed by atoms with E-state index in [9.17, 15) is 30.0 Å². The first-order chi connectivity index (χ1) is 21.7. The van der Waals surface area contributed by atoms with Crippen LogP contribution in [-0.2, 0) is 22.4 Å². The van der Waals surface area contributed by atoms with Crippen molar-refractivity contribution in [3.8, 4) is 11.5 Å². The minimum Gasteiger partial charge on any atom is -0.504 e. The number of aromatic nitrogens is 1. The maximum atomic E-state index is 12.9. The van der Waals surface area contributed by atoms with E-state index < -0.39 is 29.0 Å². The number of aromatic hydroxyl groups is 1. The average molecular weight is 622 g/mol. The fraction of sp³-hybridized carbons (Fsp3) is 0.486. The van der Waals surface area contributed by atoms with Gasteiger partial charge in [0.05, 0.1) is 13.7 Å². The summed E-state index contributed by atoms with van der Waals surface area (Å²) in [4.78, 5) is 28.7. The number of hydrogen-bond acceptors (Lipinski definition) is 9. The Balaban J connectivity index is 1.59. The van der Waals surface area contributed by atoms with E-state index in [2.05, 4.69) is 10.3 Å². The van der Waals surface area contributed by atoms with Crippen molar-refractivity contribution in [2.75, 3.05) is 26.9 Å². The number of aryl methyl sites for hydroxylation is 1. The molecule has 10 heteroatoms. The highest BCUT2D eigenvalue weighted by Crippen LogP contribution is 2.54. The lowest BCUT2D eigenvalue weighted by Gasteiger charge is -2.43. The van der Waals surface area contributed by atoms with E-state index in [1.165, 1.54) is 7.11 Å². The number of methoxy groups -OCH3 is 1. The summed E-state index contributed by atoms with van der Waals surface area (Å²) >= 11 is 0. The summed E-state index contributed by atoms with van der Waals surface area (Å²) in [5, 5.41) is 45.6. The molecule has 0 unspecified atom stereocenters. The van der Waals surface area contributed by atoms with Crippen LogP contribution in [0.5, 0.6) is 11.5 Å². The molecule has 2 aromatic rings. The van der Waals surface area contributed by atoms with Crippen LogP contribution in [0.1, 0.15) is 68.2 Å². The molecule has 45 heavy (non-hydrogen) atoms. The van der Waals surface area contributed by atoms with Gasteiger partial charge in [-0.1, -0.05) is 37.6 Å². The molecule has 0 radical (unpaired) electrons. The molecule has 0 saturated carbocycles. The summed E-state index contributed by atoms with van der Waals surface area (Å²) in [6.45, 7) is 2.36. The number of aliphatic hydroxyl groups excluding tert-OH is 3. The first-order valence-corrected chi connectivity index (χ1v) is 15.8. The number of dihydropyridines is 1. The van der Waals surface area contributed by atoms with E-state index >= 15 is 0 Å². The summed E-state index contributed by atoms with van der Waals surface area (Å²) in [6.07, 6.45) is 9.60. The van der Waals surface area contributed by atoms with Gasteiger partial charge in [-0.3, -0.25) is 9.59 Å². The lowest BCUT2D eigenvalue weighted by molar-refractivity contribution is -0.138. The second-order valence-corrected chi connectivity index (χ2v) is 12.2. The highest BCUT2D eigenvalue weighted by molar-refractivity contribution is 6.05. The molecular formula is C35H47N3O7. The smallest absolute Gasteiger partial charge is 0.170 e. The van der Waals surface area contributed by atoms with E-state index in [1.807, 2.05) is 49.5 Å². The molecule has 2 heterocycles. The highest BCUT2D eigenvalue weighted by Gasteiger charge is 2.45. The number of nitrogens with two attached hydrogens (primary N) is 1. The van der Waals surface area contributed by atoms with Gasteiger partial charge in [-0.2, -0.15) is 0 Å². The Bertz CT molecular complexity index is 1430. The SMILES string of the molecule is CCC[C@H](CO)CCCC(=O)[C@H](O)C(=O)CCc1cc(OC)c(O)c([C@@H]2C3=CCNC(N)=C3C=C[C@@]2(CO)Cc2ccc[nH]2)c1. The Kier molecular flexibility index (Phi) is 11.7. The molecule has 1 aliphatic carbocycles. The van der Waals surface area contributed by atoms with E-state index in [-0.39, 0.29) is 49.9 Å². The molecular weight excluding hydrogens is 574 g/mol. The molecule has 0 spiro atoms. The van der Waals surface area contributed by atoms with Crippen LogP contribution in [0.3, 0.4) is 0 Å². The second kappa shape index (κ2) is 15.4. The van der Waals surface area contributed by atoms with Gasteiger partial charge in [-0.05, 0) is 67.4 Å². The number of fused-ring (bicyclic) bond motifs is 1. The van der Waals surface area contributed by atoms with Crippen molar-refractivity contribution in [1.29, 1.82) is 0 Å². The van der Waals surface area contributed by atoms with E-state index in [4.69, 9.17) is 10.5 Å². The largest absolute Gasteiger partial charge is 0.504 e. The third kappa shape index (κ3) is 7.69. The van der Waals surface area contributed by atoms with Crippen LogP contribution in [0.2, 0.25) is 0 Å². The van der Waals surface area contributed by atoms with Crippen LogP contribution in [0, 0.1) is 11.3 Å². The van der Waals surface area contributed by atoms with E-state index in [0.29, 0.717) is 42.8 Å². The summed E-state index contributed by atoms with van der Waals surface area (Å²) < 4.78 is 5.55. The Hall–Kier alpha value is -3.86. The molecule has 244 valence electrons. The predicted octanol–water partition coefficient (Wildman–Crippen LogP) is 3.31. The number of phenolic OH excluding ortho intramolecular Hbond substituents is 1. The third-order valence-corrected chi connectivity index (χ3v) is 9.12. The van der Waals surface area contributed by atoms with Crippen molar-refractivity contribution in [3.05, 3.63) is 82.5 Å². The normalized spacial score (nSPS) is 20.6. The molecule has 2 aliphatic rings. The first kappa shape index (κ1) is 34.0. The van der Waals surface area contributed by atoms with Gasteiger partial charge in [0.1, 0.15) is 5.82 Å². The molecule has 1 aromatic carbocycles. The number of aliphatic hydroxyl groups is 3. The highest BCUT2D eigenvalue weighted by atomic mass is 16.5. The predicted molar refractivity (Wildman–Crippen MR) is 172 cm³/mol. The number of allylic oxidation sites excluding steroid dienone is 3. The minimum absolute atomic E-state index is 0.0588. The van der Waals surface area contributed by atoms with E-state index in [1.54, 1.807) is 6.07 Å². The van der Waals surface area contributed by atoms with Crippen molar-refractivity contribution in [1.82, 2.24) is 10.3 Å². The van der Waals surface area contributed by atoms with Crippen LogP contribution < -0.4 is 15.8 Å². The Morgan fingerprint density at radius 2 is 1.96 bits per heavy atom. The van der Waals surface area contributed by atoms with E-state index in [0.717, 1.165) is 29.7 Å². The number of Topliss-reactive ketones (excluding diaryl/α,β-unsaturated/α-hetero) is 2. The van der Waals surface area contributed by atoms with Gasteiger partial charge in [-0.25, -0.2) is 0 Å². The number of benzene rings is 1. The Morgan fingerprint density at radius 1 is 1.18 bits per heavy atom.